The number of nitrogens with zero attached hydrogens (tertiary/aromatic N) is 2. The van der Waals surface area contributed by atoms with Crippen LogP contribution in [0.2, 0.25) is 0 Å². The lowest BCUT2D eigenvalue weighted by atomic mass is 9.82. The molecular weight excluding hydrogens is 232 g/mol. The van der Waals surface area contributed by atoms with Gasteiger partial charge in [0.05, 0.1) is 25.4 Å². The summed E-state index contributed by atoms with van der Waals surface area (Å²) in [5.74, 6) is 0.744. The number of aliphatic hydroxyl groups excluding tert-OH is 1. The Labute approximate surface area is 109 Å². The Morgan fingerprint density at radius 1 is 1.50 bits per heavy atom. The zero-order valence-electron chi connectivity index (χ0n) is 11.3. The van der Waals surface area contributed by atoms with Gasteiger partial charge in [-0.05, 0) is 32.7 Å². The lowest BCUT2D eigenvalue weighted by Crippen LogP contribution is -2.48. The number of aliphatic hydroxyl groups is 1. The van der Waals surface area contributed by atoms with Crippen molar-refractivity contribution in [1.29, 1.82) is 0 Å². The van der Waals surface area contributed by atoms with Crippen LogP contribution in [-0.4, -0.2) is 72.9 Å². The molecule has 18 heavy (non-hydrogen) atoms. The summed E-state index contributed by atoms with van der Waals surface area (Å²) in [5.41, 5.74) is 0. The first-order valence-electron chi connectivity index (χ1n) is 6.80. The smallest absolute Gasteiger partial charge is 0.236 e. The van der Waals surface area contributed by atoms with Crippen LogP contribution in [0.5, 0.6) is 0 Å². The molecule has 0 spiro atoms. The highest BCUT2D eigenvalue weighted by Crippen LogP contribution is 2.27. The third-order valence-electron chi connectivity index (χ3n) is 3.78. The van der Waals surface area contributed by atoms with Gasteiger partial charge in [0.2, 0.25) is 5.91 Å². The summed E-state index contributed by atoms with van der Waals surface area (Å²) in [5, 5.41) is 9.24. The Morgan fingerprint density at radius 3 is 2.83 bits per heavy atom. The molecule has 1 N–H and O–H groups in total. The molecule has 1 aliphatic carbocycles. The molecule has 0 aromatic rings. The summed E-state index contributed by atoms with van der Waals surface area (Å²) in [4.78, 5) is 16.0. The van der Waals surface area contributed by atoms with Gasteiger partial charge in [-0.25, -0.2) is 0 Å². The second kappa shape index (κ2) is 5.99. The molecule has 1 amide bonds. The van der Waals surface area contributed by atoms with Gasteiger partial charge in [0.1, 0.15) is 0 Å². The minimum Gasteiger partial charge on any atom is -0.393 e. The normalized spacial score (nSPS) is 32.4. The largest absolute Gasteiger partial charge is 0.393 e. The van der Waals surface area contributed by atoms with Crippen molar-refractivity contribution >= 4 is 5.91 Å². The van der Waals surface area contributed by atoms with E-state index in [1.807, 2.05) is 18.9 Å². The van der Waals surface area contributed by atoms with Crippen LogP contribution < -0.4 is 0 Å². The summed E-state index contributed by atoms with van der Waals surface area (Å²) < 4.78 is 5.43. The highest BCUT2D eigenvalue weighted by molar-refractivity contribution is 5.78. The first-order valence-corrected chi connectivity index (χ1v) is 6.80. The van der Waals surface area contributed by atoms with Crippen molar-refractivity contribution in [3.8, 4) is 0 Å². The maximum absolute atomic E-state index is 12.1. The lowest BCUT2D eigenvalue weighted by molar-refractivity contribution is -0.139. The summed E-state index contributed by atoms with van der Waals surface area (Å²) in [7, 11) is 1.98. The molecule has 2 fully saturated rings. The molecule has 0 aromatic heterocycles. The van der Waals surface area contributed by atoms with E-state index in [0.717, 1.165) is 19.4 Å². The van der Waals surface area contributed by atoms with Crippen molar-refractivity contribution in [1.82, 2.24) is 9.80 Å². The van der Waals surface area contributed by atoms with Gasteiger partial charge in [0.25, 0.3) is 0 Å². The number of amides is 1. The molecule has 2 rings (SSSR count). The van der Waals surface area contributed by atoms with E-state index in [4.69, 9.17) is 4.74 Å². The first kappa shape index (κ1) is 13.8. The quantitative estimate of drug-likeness (QED) is 0.765. The van der Waals surface area contributed by atoms with Crippen LogP contribution in [0.25, 0.3) is 0 Å². The fraction of sp³-hybridized carbons (Fsp3) is 0.923. The van der Waals surface area contributed by atoms with Gasteiger partial charge in [0, 0.05) is 19.6 Å². The monoisotopic (exact) mass is 256 g/mol. The van der Waals surface area contributed by atoms with Gasteiger partial charge in [-0.1, -0.05) is 0 Å². The Morgan fingerprint density at radius 2 is 2.22 bits per heavy atom. The number of morpholine rings is 1. The van der Waals surface area contributed by atoms with Crippen LogP contribution in [-0.2, 0) is 9.53 Å². The molecule has 1 heterocycles. The van der Waals surface area contributed by atoms with E-state index in [1.165, 1.54) is 0 Å². The van der Waals surface area contributed by atoms with E-state index in [2.05, 4.69) is 4.90 Å². The number of ether oxygens (including phenoxy) is 1. The molecule has 2 aliphatic rings. The summed E-state index contributed by atoms with van der Waals surface area (Å²) in [6.45, 7) is 5.43. The van der Waals surface area contributed by atoms with Crippen LogP contribution in [0.3, 0.4) is 0 Å². The lowest BCUT2D eigenvalue weighted by Gasteiger charge is -2.36. The topological polar surface area (TPSA) is 53.0 Å². The standard InChI is InChI=1S/C13H24N2O3/c1-10-7-15(3-4-18-10)13(17)9-14(2)8-11-5-12(16)6-11/h10-12,16H,3-9H2,1-2H3. The van der Waals surface area contributed by atoms with E-state index in [1.54, 1.807) is 0 Å². The molecule has 0 radical (unpaired) electrons. The zero-order valence-corrected chi connectivity index (χ0v) is 11.3. The number of rotatable bonds is 4. The Balaban J connectivity index is 1.69. The molecular formula is C13H24N2O3. The third kappa shape index (κ3) is 3.67. The first-order chi connectivity index (χ1) is 8.54. The Hall–Kier alpha value is -0.650. The van der Waals surface area contributed by atoms with Crippen molar-refractivity contribution in [2.75, 3.05) is 39.8 Å². The van der Waals surface area contributed by atoms with Crippen LogP contribution in [0.4, 0.5) is 0 Å². The SMILES string of the molecule is CC1CN(C(=O)CN(C)CC2CC(O)C2)CCO1. The summed E-state index contributed by atoms with van der Waals surface area (Å²) in [6, 6.07) is 0. The van der Waals surface area contributed by atoms with Crippen LogP contribution in [0, 0.1) is 5.92 Å². The number of carbonyl (C=O) groups excluding carboxylic acids is 1. The minimum atomic E-state index is -0.112. The van der Waals surface area contributed by atoms with Gasteiger partial charge in [0.15, 0.2) is 0 Å². The second-order valence-electron chi connectivity index (χ2n) is 5.71. The van der Waals surface area contributed by atoms with Gasteiger partial charge in [-0.2, -0.15) is 0 Å². The molecule has 5 nitrogen and oxygen atoms in total. The molecule has 1 saturated heterocycles. The second-order valence-corrected chi connectivity index (χ2v) is 5.71. The average molecular weight is 256 g/mol. The van der Waals surface area contributed by atoms with E-state index in [-0.39, 0.29) is 18.1 Å². The maximum atomic E-state index is 12.1. The summed E-state index contributed by atoms with van der Waals surface area (Å²) in [6.07, 6.45) is 1.80. The maximum Gasteiger partial charge on any atom is 0.236 e. The fourth-order valence-electron chi connectivity index (χ4n) is 2.73. The van der Waals surface area contributed by atoms with Crippen molar-refractivity contribution in [2.45, 2.75) is 32.0 Å². The van der Waals surface area contributed by atoms with Gasteiger partial charge in [-0.15, -0.1) is 0 Å². The highest BCUT2D eigenvalue weighted by Gasteiger charge is 2.29. The van der Waals surface area contributed by atoms with Crippen LogP contribution >= 0.6 is 0 Å². The average Bonchev–Trinajstić information content (AvgIpc) is 2.26. The van der Waals surface area contributed by atoms with Gasteiger partial charge < -0.3 is 14.7 Å². The number of hydrogen-bond acceptors (Lipinski definition) is 4. The van der Waals surface area contributed by atoms with Crippen molar-refractivity contribution in [3.63, 3.8) is 0 Å². The van der Waals surface area contributed by atoms with Crippen LogP contribution in [0.1, 0.15) is 19.8 Å². The number of likely N-dealkylation sites (N-methyl/N-ethyl adjacent to an activating group) is 1. The zero-order chi connectivity index (χ0) is 13.1. The predicted octanol–water partition coefficient (Wildman–Crippen LogP) is -0.0636. The van der Waals surface area contributed by atoms with Gasteiger partial charge in [-0.3, -0.25) is 9.69 Å². The summed E-state index contributed by atoms with van der Waals surface area (Å²) >= 11 is 0. The fourth-order valence-corrected chi connectivity index (χ4v) is 2.73. The van der Waals surface area contributed by atoms with E-state index >= 15 is 0 Å². The number of carbonyl (C=O) groups is 1. The Bertz CT molecular complexity index is 292. The molecule has 0 bridgehead atoms. The van der Waals surface area contributed by atoms with Crippen molar-refractivity contribution in [3.05, 3.63) is 0 Å². The molecule has 1 unspecified atom stereocenters. The molecule has 1 aliphatic heterocycles. The third-order valence-corrected chi connectivity index (χ3v) is 3.78. The molecule has 5 heteroatoms. The van der Waals surface area contributed by atoms with Crippen molar-refractivity contribution < 1.29 is 14.6 Å². The van der Waals surface area contributed by atoms with Crippen LogP contribution in [0.15, 0.2) is 0 Å². The molecule has 1 atom stereocenters. The van der Waals surface area contributed by atoms with E-state index in [0.29, 0.717) is 32.2 Å². The van der Waals surface area contributed by atoms with Gasteiger partial charge >= 0.3 is 0 Å². The highest BCUT2D eigenvalue weighted by atomic mass is 16.5. The Kier molecular flexibility index (Phi) is 4.59. The van der Waals surface area contributed by atoms with E-state index < -0.39 is 0 Å². The molecule has 104 valence electrons. The minimum absolute atomic E-state index is 0.112. The molecule has 0 aromatic carbocycles. The van der Waals surface area contributed by atoms with E-state index in [9.17, 15) is 9.90 Å². The van der Waals surface area contributed by atoms with Crippen molar-refractivity contribution in [2.24, 2.45) is 5.92 Å². The number of hydrogen-bond donors (Lipinski definition) is 1. The molecule has 1 saturated carbocycles. The predicted molar refractivity (Wildman–Crippen MR) is 68.2 cm³/mol.